The van der Waals surface area contributed by atoms with Gasteiger partial charge in [-0.15, -0.1) is 0 Å². The Morgan fingerprint density at radius 3 is 1.07 bits per heavy atom. The monoisotopic (exact) mass is 613 g/mol. The van der Waals surface area contributed by atoms with E-state index in [0.29, 0.717) is 12.2 Å². The highest BCUT2D eigenvalue weighted by atomic mass is 16.5. The molecule has 1 rings (SSSR count). The fraction of sp³-hybridized carbons (Fsp3) is 0.810. The Hall–Kier alpha value is -1.12. The van der Waals surface area contributed by atoms with Gasteiger partial charge < -0.3 is 9.47 Å². The number of rotatable bonds is 32. The molecule has 0 bridgehead atoms. The number of hydrogen-bond donors (Lipinski definition) is 0. The van der Waals surface area contributed by atoms with Crippen LogP contribution in [0.5, 0.6) is 0 Å². The highest BCUT2D eigenvalue weighted by Gasteiger charge is 2.26. The zero-order chi connectivity index (χ0) is 31.4. The second kappa shape index (κ2) is 34.7. The predicted molar refractivity (Wildman–Crippen MR) is 197 cm³/mol. The fourth-order valence-corrected chi connectivity index (χ4v) is 6.09. The zero-order valence-corrected chi connectivity index (χ0v) is 29.8. The van der Waals surface area contributed by atoms with Gasteiger partial charge in [0.2, 0.25) is 0 Å². The van der Waals surface area contributed by atoms with Gasteiger partial charge >= 0.3 is 0 Å². The third-order valence-corrected chi connectivity index (χ3v) is 9.00. The van der Waals surface area contributed by atoms with Crippen molar-refractivity contribution in [1.82, 2.24) is 0 Å². The Kier molecular flexibility index (Phi) is 32.3. The van der Waals surface area contributed by atoms with Crippen molar-refractivity contribution < 1.29 is 9.47 Å². The lowest BCUT2D eigenvalue weighted by Gasteiger charge is -2.31. The van der Waals surface area contributed by atoms with Gasteiger partial charge in [-0.1, -0.05) is 152 Å². The number of unbranched alkanes of at least 4 members (excludes halogenated alkanes) is 18. The Morgan fingerprint density at radius 2 is 0.705 bits per heavy atom. The smallest absolute Gasteiger partial charge is 0.0836 e. The van der Waals surface area contributed by atoms with Crippen LogP contribution < -0.4 is 0 Å². The maximum atomic E-state index is 6.35. The van der Waals surface area contributed by atoms with Gasteiger partial charge in [0.05, 0.1) is 12.2 Å². The molecule has 0 amide bonds. The Balaban J connectivity index is 1.90. The van der Waals surface area contributed by atoms with Crippen molar-refractivity contribution in [1.29, 1.82) is 0 Å². The van der Waals surface area contributed by atoms with E-state index in [4.69, 9.17) is 9.47 Å². The van der Waals surface area contributed by atoms with Gasteiger partial charge in [-0.05, 0) is 89.9 Å². The first-order valence-corrected chi connectivity index (χ1v) is 19.7. The van der Waals surface area contributed by atoms with E-state index in [1.165, 1.54) is 167 Å². The molecule has 0 radical (unpaired) electrons. The zero-order valence-electron chi connectivity index (χ0n) is 29.8. The molecule has 1 aliphatic rings. The molecule has 0 saturated heterocycles. The van der Waals surface area contributed by atoms with Crippen LogP contribution in [0.2, 0.25) is 0 Å². The van der Waals surface area contributed by atoms with Gasteiger partial charge in [0.1, 0.15) is 0 Å². The molecule has 1 fully saturated rings. The standard InChI is InChI=1S/C42H76O2/c1-3-5-7-9-11-13-15-17-19-21-23-25-27-29-31-35-39-43-41-37-33-34-38-42(41)44-40-36-32-30-28-26-24-22-20-18-16-14-12-10-8-6-4-2/h11-14,17-20,41-42H,3-10,15-16,21-40H2,1-2H3/b13-11-,14-12-,19-17-,20-18-. The third-order valence-electron chi connectivity index (χ3n) is 9.00. The van der Waals surface area contributed by atoms with Gasteiger partial charge in [0.25, 0.3) is 0 Å². The maximum absolute atomic E-state index is 6.35. The van der Waals surface area contributed by atoms with Crippen LogP contribution in [-0.2, 0) is 9.47 Å². The van der Waals surface area contributed by atoms with Crippen LogP contribution in [0.3, 0.4) is 0 Å². The predicted octanol–water partition coefficient (Wildman–Crippen LogP) is 14.0. The highest BCUT2D eigenvalue weighted by Crippen LogP contribution is 2.25. The molecule has 44 heavy (non-hydrogen) atoms. The molecule has 0 spiro atoms. The highest BCUT2D eigenvalue weighted by molar-refractivity contribution is 4.93. The summed E-state index contributed by atoms with van der Waals surface area (Å²) in [6.45, 7) is 6.38. The molecule has 0 aliphatic heterocycles. The van der Waals surface area contributed by atoms with Crippen LogP contribution in [0.4, 0.5) is 0 Å². The normalized spacial score (nSPS) is 17.8. The first kappa shape index (κ1) is 40.9. The summed E-state index contributed by atoms with van der Waals surface area (Å²) in [7, 11) is 0. The van der Waals surface area contributed by atoms with E-state index in [1.807, 2.05) is 0 Å². The molecule has 2 unspecified atom stereocenters. The van der Waals surface area contributed by atoms with E-state index in [-0.39, 0.29) is 0 Å². The van der Waals surface area contributed by atoms with Gasteiger partial charge in [-0.3, -0.25) is 0 Å². The first-order chi connectivity index (χ1) is 21.9. The molecule has 256 valence electrons. The molecular weight excluding hydrogens is 536 g/mol. The summed E-state index contributed by atoms with van der Waals surface area (Å²) in [5, 5.41) is 0. The van der Waals surface area contributed by atoms with Crippen molar-refractivity contribution in [3.63, 3.8) is 0 Å². The fourth-order valence-electron chi connectivity index (χ4n) is 6.09. The largest absolute Gasteiger partial charge is 0.376 e. The van der Waals surface area contributed by atoms with Crippen molar-refractivity contribution in [3.8, 4) is 0 Å². The minimum atomic E-state index is 0.339. The van der Waals surface area contributed by atoms with Crippen molar-refractivity contribution in [3.05, 3.63) is 48.6 Å². The number of ether oxygens (including phenoxy) is 2. The SMILES string of the molecule is CCCCC/C=C\C/C=C\CCCCCCCCOC1CCCCC1OCCCCCCCC/C=C\C/C=C\CCCCC. The van der Waals surface area contributed by atoms with Gasteiger partial charge in [-0.25, -0.2) is 0 Å². The van der Waals surface area contributed by atoms with E-state index < -0.39 is 0 Å². The molecule has 2 atom stereocenters. The Morgan fingerprint density at radius 1 is 0.386 bits per heavy atom. The molecule has 0 aromatic heterocycles. The van der Waals surface area contributed by atoms with Crippen molar-refractivity contribution in [2.24, 2.45) is 0 Å². The van der Waals surface area contributed by atoms with Crippen molar-refractivity contribution >= 4 is 0 Å². The van der Waals surface area contributed by atoms with Gasteiger partial charge in [0, 0.05) is 13.2 Å². The maximum Gasteiger partial charge on any atom is 0.0836 e. The van der Waals surface area contributed by atoms with Crippen LogP contribution in [0.1, 0.15) is 194 Å². The second-order valence-electron chi connectivity index (χ2n) is 13.3. The van der Waals surface area contributed by atoms with Crippen LogP contribution >= 0.6 is 0 Å². The quantitative estimate of drug-likeness (QED) is 0.0556. The second-order valence-corrected chi connectivity index (χ2v) is 13.3. The number of hydrogen-bond acceptors (Lipinski definition) is 2. The molecule has 2 heteroatoms. The molecular formula is C42H76O2. The molecule has 0 heterocycles. The molecule has 0 N–H and O–H groups in total. The van der Waals surface area contributed by atoms with Gasteiger partial charge in [-0.2, -0.15) is 0 Å². The van der Waals surface area contributed by atoms with Crippen molar-refractivity contribution in [2.75, 3.05) is 13.2 Å². The average molecular weight is 613 g/mol. The Bertz CT molecular complexity index is 617. The molecule has 1 saturated carbocycles. The lowest BCUT2D eigenvalue weighted by atomic mass is 9.94. The summed E-state index contributed by atoms with van der Waals surface area (Å²) >= 11 is 0. The lowest BCUT2D eigenvalue weighted by molar-refractivity contribution is -0.0934. The summed E-state index contributed by atoms with van der Waals surface area (Å²) in [6, 6.07) is 0. The summed E-state index contributed by atoms with van der Waals surface area (Å²) < 4.78 is 12.7. The van der Waals surface area contributed by atoms with Gasteiger partial charge in [0.15, 0.2) is 0 Å². The molecule has 0 aromatic rings. The van der Waals surface area contributed by atoms with Crippen LogP contribution in [0.25, 0.3) is 0 Å². The first-order valence-electron chi connectivity index (χ1n) is 19.7. The van der Waals surface area contributed by atoms with Crippen LogP contribution in [-0.4, -0.2) is 25.4 Å². The minimum Gasteiger partial charge on any atom is -0.376 e. The van der Waals surface area contributed by atoms with Crippen LogP contribution in [0, 0.1) is 0 Å². The summed E-state index contributed by atoms with van der Waals surface area (Å²) in [5.74, 6) is 0. The summed E-state index contributed by atoms with van der Waals surface area (Å²) in [4.78, 5) is 0. The molecule has 1 aliphatic carbocycles. The molecule has 2 nitrogen and oxygen atoms in total. The van der Waals surface area contributed by atoms with E-state index in [9.17, 15) is 0 Å². The minimum absolute atomic E-state index is 0.339. The summed E-state index contributed by atoms with van der Waals surface area (Å²) in [5.41, 5.74) is 0. The van der Waals surface area contributed by atoms with E-state index >= 15 is 0 Å². The van der Waals surface area contributed by atoms with E-state index in [0.717, 1.165) is 26.1 Å². The van der Waals surface area contributed by atoms with E-state index in [1.54, 1.807) is 0 Å². The topological polar surface area (TPSA) is 18.5 Å². The molecule has 0 aromatic carbocycles. The van der Waals surface area contributed by atoms with E-state index in [2.05, 4.69) is 62.5 Å². The summed E-state index contributed by atoms with van der Waals surface area (Å²) in [6.07, 6.45) is 55.6. The number of allylic oxidation sites excluding steroid dienone is 8. The van der Waals surface area contributed by atoms with Crippen LogP contribution in [0.15, 0.2) is 48.6 Å². The average Bonchev–Trinajstić information content (AvgIpc) is 3.04. The third kappa shape index (κ3) is 28.4. The lowest BCUT2D eigenvalue weighted by Crippen LogP contribution is -2.35. The Labute approximate surface area is 276 Å². The van der Waals surface area contributed by atoms with Crippen molar-refractivity contribution in [2.45, 2.75) is 206 Å².